The summed E-state index contributed by atoms with van der Waals surface area (Å²) in [6.07, 6.45) is 4.94. The number of halogens is 1. The highest BCUT2D eigenvalue weighted by molar-refractivity contribution is 6.30. The van der Waals surface area contributed by atoms with Crippen LogP contribution >= 0.6 is 11.6 Å². The lowest BCUT2D eigenvalue weighted by Gasteiger charge is -2.15. The van der Waals surface area contributed by atoms with Crippen molar-refractivity contribution in [3.8, 4) is 0 Å². The van der Waals surface area contributed by atoms with E-state index in [9.17, 15) is 4.79 Å². The molecule has 8 nitrogen and oxygen atoms in total. The Balaban J connectivity index is 1.77. The Morgan fingerprint density at radius 3 is 3.05 bits per heavy atom. The molecule has 0 bridgehead atoms. The van der Waals surface area contributed by atoms with E-state index in [1.807, 2.05) is 6.92 Å². The maximum atomic E-state index is 11.9. The summed E-state index contributed by atoms with van der Waals surface area (Å²) in [6.45, 7) is 2.50. The third-order valence-electron chi connectivity index (χ3n) is 2.85. The highest BCUT2D eigenvalue weighted by Gasteiger charge is 2.13. The van der Waals surface area contributed by atoms with Crippen LogP contribution in [0.1, 0.15) is 25.6 Å². The van der Waals surface area contributed by atoms with Gasteiger partial charge in [0.1, 0.15) is 0 Å². The number of nitrogens with zero attached hydrogens (tertiary/aromatic N) is 5. The summed E-state index contributed by atoms with van der Waals surface area (Å²) in [6, 6.07) is 0.00121. The van der Waals surface area contributed by atoms with Gasteiger partial charge in [-0.2, -0.15) is 10.3 Å². The Hall–Kier alpha value is -1.96. The molecule has 2 N–H and O–H groups in total. The predicted octanol–water partition coefficient (Wildman–Crippen LogP) is 0.577. The fraction of sp³-hybridized carbons (Fsp3) is 0.545. The Morgan fingerprint density at radius 1 is 1.60 bits per heavy atom. The summed E-state index contributed by atoms with van der Waals surface area (Å²) in [5.74, 6) is 0.558. The molecule has 0 aromatic carbocycles. The zero-order valence-corrected chi connectivity index (χ0v) is 11.8. The summed E-state index contributed by atoms with van der Waals surface area (Å²) in [5.41, 5.74) is 0. The Kier molecular flexibility index (Phi) is 5.05. The van der Waals surface area contributed by atoms with E-state index in [-0.39, 0.29) is 11.9 Å². The minimum atomic E-state index is -0.0352. The minimum Gasteiger partial charge on any atom is -0.353 e. The molecule has 0 fully saturated rings. The lowest BCUT2D eigenvalue weighted by atomic mass is 10.1. The molecule has 0 saturated carbocycles. The van der Waals surface area contributed by atoms with Gasteiger partial charge in [-0.1, -0.05) is 23.7 Å². The first kappa shape index (κ1) is 14.4. The number of aryl methyl sites for hydroxylation is 1. The molecule has 2 heterocycles. The van der Waals surface area contributed by atoms with Gasteiger partial charge in [0.05, 0.1) is 11.2 Å². The molecule has 20 heavy (non-hydrogen) atoms. The number of carbonyl (C=O) groups excluding carboxylic acids is 1. The summed E-state index contributed by atoms with van der Waals surface area (Å²) in [7, 11) is 0. The van der Waals surface area contributed by atoms with Gasteiger partial charge < -0.3 is 5.32 Å². The molecule has 9 heteroatoms. The maximum absolute atomic E-state index is 11.9. The van der Waals surface area contributed by atoms with Crippen LogP contribution in [0.25, 0.3) is 0 Å². The van der Waals surface area contributed by atoms with E-state index in [0.29, 0.717) is 30.2 Å². The van der Waals surface area contributed by atoms with Gasteiger partial charge in [-0.15, -0.1) is 10.2 Å². The van der Waals surface area contributed by atoms with E-state index in [1.165, 1.54) is 0 Å². The van der Waals surface area contributed by atoms with Gasteiger partial charge in [0.2, 0.25) is 5.91 Å². The fourth-order valence-electron chi connectivity index (χ4n) is 1.76. The van der Waals surface area contributed by atoms with Gasteiger partial charge in [-0.25, -0.2) is 0 Å². The molecule has 0 radical (unpaired) electrons. The summed E-state index contributed by atoms with van der Waals surface area (Å²) >= 11 is 5.76. The van der Waals surface area contributed by atoms with Crippen molar-refractivity contribution in [3.05, 3.63) is 23.2 Å². The SMILES string of the molecule is CCC(Cc1nn[nH]n1)NC(=O)CCn1cc(Cl)cn1. The fourth-order valence-corrected chi connectivity index (χ4v) is 1.92. The minimum absolute atomic E-state index is 0.00121. The topological polar surface area (TPSA) is 101 Å². The first-order chi connectivity index (χ1) is 9.67. The lowest BCUT2D eigenvalue weighted by molar-refractivity contribution is -0.122. The number of carbonyl (C=O) groups is 1. The van der Waals surface area contributed by atoms with E-state index in [1.54, 1.807) is 17.1 Å². The van der Waals surface area contributed by atoms with Crippen LogP contribution in [0.4, 0.5) is 0 Å². The van der Waals surface area contributed by atoms with Crippen LogP contribution in [0.2, 0.25) is 5.02 Å². The van der Waals surface area contributed by atoms with Crippen molar-refractivity contribution in [1.29, 1.82) is 0 Å². The molecule has 108 valence electrons. The Morgan fingerprint density at radius 2 is 2.45 bits per heavy atom. The maximum Gasteiger partial charge on any atom is 0.222 e. The molecular weight excluding hydrogens is 282 g/mol. The van der Waals surface area contributed by atoms with Gasteiger partial charge >= 0.3 is 0 Å². The van der Waals surface area contributed by atoms with Crippen molar-refractivity contribution in [2.24, 2.45) is 0 Å². The van der Waals surface area contributed by atoms with Crippen LogP contribution < -0.4 is 5.32 Å². The van der Waals surface area contributed by atoms with Crippen LogP contribution in [0, 0.1) is 0 Å². The van der Waals surface area contributed by atoms with Crippen molar-refractivity contribution >= 4 is 17.5 Å². The zero-order chi connectivity index (χ0) is 14.4. The lowest BCUT2D eigenvalue weighted by Crippen LogP contribution is -2.36. The zero-order valence-electron chi connectivity index (χ0n) is 11.1. The molecule has 0 saturated heterocycles. The van der Waals surface area contributed by atoms with E-state index in [0.717, 1.165) is 6.42 Å². The standard InChI is InChI=1S/C11H16ClN7O/c1-2-9(5-10-15-17-18-16-10)14-11(20)3-4-19-7-8(12)6-13-19/h6-7,9H,2-5H2,1H3,(H,14,20)(H,15,16,17,18). The largest absolute Gasteiger partial charge is 0.353 e. The first-order valence-electron chi connectivity index (χ1n) is 6.37. The monoisotopic (exact) mass is 297 g/mol. The molecule has 2 aromatic heterocycles. The first-order valence-corrected chi connectivity index (χ1v) is 6.74. The predicted molar refractivity (Wildman–Crippen MR) is 72.0 cm³/mol. The van der Waals surface area contributed by atoms with Crippen molar-refractivity contribution in [1.82, 2.24) is 35.7 Å². The average Bonchev–Trinajstić information content (AvgIpc) is 3.07. The number of H-pyrrole nitrogens is 1. The quantitative estimate of drug-likeness (QED) is 0.778. The number of aromatic nitrogens is 6. The number of nitrogens with one attached hydrogen (secondary N) is 2. The van der Waals surface area contributed by atoms with Crippen LogP contribution in [-0.2, 0) is 17.8 Å². The van der Waals surface area contributed by atoms with Gasteiger partial charge in [-0.3, -0.25) is 9.48 Å². The van der Waals surface area contributed by atoms with E-state index < -0.39 is 0 Å². The third-order valence-corrected chi connectivity index (χ3v) is 3.04. The molecule has 0 aliphatic rings. The molecular formula is C11H16ClN7O. The highest BCUT2D eigenvalue weighted by Crippen LogP contribution is 2.05. The van der Waals surface area contributed by atoms with Crippen molar-refractivity contribution in [2.75, 3.05) is 0 Å². The second kappa shape index (κ2) is 6.99. The molecule has 2 rings (SSSR count). The normalized spacial score (nSPS) is 12.3. The van der Waals surface area contributed by atoms with Gasteiger partial charge in [-0.05, 0) is 6.42 Å². The van der Waals surface area contributed by atoms with Gasteiger partial charge in [0.15, 0.2) is 5.82 Å². The Bertz CT molecular complexity index is 539. The van der Waals surface area contributed by atoms with Crippen LogP contribution in [0.5, 0.6) is 0 Å². The number of rotatable bonds is 7. The van der Waals surface area contributed by atoms with E-state index >= 15 is 0 Å². The summed E-state index contributed by atoms with van der Waals surface area (Å²) in [5, 5.41) is 21.2. The molecule has 2 aromatic rings. The molecule has 1 amide bonds. The van der Waals surface area contributed by atoms with Gasteiger partial charge in [0, 0.05) is 31.6 Å². The third kappa shape index (κ3) is 4.30. The number of aromatic amines is 1. The average molecular weight is 298 g/mol. The second-order valence-electron chi connectivity index (χ2n) is 4.38. The van der Waals surface area contributed by atoms with E-state index in [2.05, 4.69) is 31.0 Å². The number of amides is 1. The van der Waals surface area contributed by atoms with Gasteiger partial charge in [0.25, 0.3) is 0 Å². The van der Waals surface area contributed by atoms with Crippen LogP contribution in [0.15, 0.2) is 12.4 Å². The molecule has 0 spiro atoms. The number of hydrogen-bond acceptors (Lipinski definition) is 5. The molecule has 0 aliphatic carbocycles. The summed E-state index contributed by atoms with van der Waals surface area (Å²) < 4.78 is 1.64. The molecule has 1 unspecified atom stereocenters. The van der Waals surface area contributed by atoms with Crippen LogP contribution in [0.3, 0.4) is 0 Å². The second-order valence-corrected chi connectivity index (χ2v) is 4.81. The van der Waals surface area contributed by atoms with Crippen molar-refractivity contribution in [3.63, 3.8) is 0 Å². The molecule has 1 atom stereocenters. The van der Waals surface area contributed by atoms with Crippen LogP contribution in [-0.4, -0.2) is 42.4 Å². The van der Waals surface area contributed by atoms with Crippen molar-refractivity contribution in [2.45, 2.75) is 38.8 Å². The van der Waals surface area contributed by atoms with E-state index in [4.69, 9.17) is 11.6 Å². The van der Waals surface area contributed by atoms with Crippen molar-refractivity contribution < 1.29 is 4.79 Å². The smallest absolute Gasteiger partial charge is 0.222 e. The summed E-state index contributed by atoms with van der Waals surface area (Å²) in [4.78, 5) is 11.9. The number of hydrogen-bond donors (Lipinski definition) is 2. The number of tetrazole rings is 1. The highest BCUT2D eigenvalue weighted by atomic mass is 35.5. The Labute approximate surface area is 120 Å². The molecule has 0 aliphatic heterocycles.